The number of benzene rings is 1. The van der Waals surface area contributed by atoms with Gasteiger partial charge in [-0.25, -0.2) is 0 Å². The number of aryl methyl sites for hydroxylation is 1. The lowest BCUT2D eigenvalue weighted by Gasteiger charge is -2.38. The van der Waals surface area contributed by atoms with Gasteiger partial charge in [0.25, 0.3) is 0 Å². The van der Waals surface area contributed by atoms with E-state index in [9.17, 15) is 0 Å². The third-order valence-electron chi connectivity index (χ3n) is 10.7. The number of rotatable bonds is 8. The molecule has 0 N–H and O–H groups in total. The average Bonchev–Trinajstić information content (AvgIpc) is 3.40. The fourth-order valence-corrected chi connectivity index (χ4v) is 8.39. The molecule has 0 saturated carbocycles. The molecule has 6 aliphatic rings. The van der Waals surface area contributed by atoms with Crippen LogP contribution < -0.4 is 0 Å². The zero-order valence-electron chi connectivity index (χ0n) is 27.9. The molecule has 0 bridgehead atoms. The SMILES string of the molecule is C=CC(=CC=CC)N(C1=CC(C)CC=C1)C1=CC2=C(CC1)C1=CC=C(C(c3ccc(C)cc3)C3C=CC(C)=CC3)C3C=CC=C2C13. The van der Waals surface area contributed by atoms with Crippen LogP contribution in [0, 0.1) is 30.6 Å². The molecule has 1 aromatic carbocycles. The maximum atomic E-state index is 4.24. The first-order valence-electron chi connectivity index (χ1n) is 17.3. The molecular weight excluding hydrogens is 555 g/mol. The Balaban J connectivity index is 1.30. The predicted molar refractivity (Wildman–Crippen MR) is 196 cm³/mol. The number of nitrogens with zero attached hydrogens (tertiary/aromatic N) is 1. The van der Waals surface area contributed by atoms with Crippen LogP contribution in [0.5, 0.6) is 0 Å². The maximum Gasteiger partial charge on any atom is 0.0452 e. The van der Waals surface area contributed by atoms with Crippen LogP contribution in [0.25, 0.3) is 0 Å². The molecule has 232 valence electrons. The van der Waals surface area contributed by atoms with Crippen LogP contribution in [0.4, 0.5) is 0 Å². The molecule has 6 aliphatic carbocycles. The summed E-state index contributed by atoms with van der Waals surface area (Å²) in [7, 11) is 0. The van der Waals surface area contributed by atoms with Crippen LogP contribution in [0.1, 0.15) is 63.5 Å². The zero-order valence-corrected chi connectivity index (χ0v) is 27.9. The van der Waals surface area contributed by atoms with Gasteiger partial charge < -0.3 is 4.90 Å². The van der Waals surface area contributed by atoms with Crippen LogP contribution in [0.2, 0.25) is 0 Å². The quantitative estimate of drug-likeness (QED) is 0.268. The van der Waals surface area contributed by atoms with Crippen molar-refractivity contribution >= 4 is 0 Å². The highest BCUT2D eigenvalue weighted by atomic mass is 15.2. The molecule has 5 atom stereocenters. The Morgan fingerprint density at radius 1 is 0.978 bits per heavy atom. The highest BCUT2D eigenvalue weighted by Gasteiger charge is 2.44. The van der Waals surface area contributed by atoms with E-state index < -0.39 is 0 Å². The Kier molecular flexibility index (Phi) is 8.43. The second-order valence-corrected chi connectivity index (χ2v) is 13.8. The summed E-state index contributed by atoms with van der Waals surface area (Å²) in [6, 6.07) is 9.32. The van der Waals surface area contributed by atoms with Gasteiger partial charge in [-0.2, -0.15) is 0 Å². The van der Waals surface area contributed by atoms with Crippen molar-refractivity contribution in [2.45, 2.75) is 59.3 Å². The Hall–Kier alpha value is -4.36. The third kappa shape index (κ3) is 5.51. The van der Waals surface area contributed by atoms with E-state index in [2.05, 4.69) is 155 Å². The molecule has 0 heterocycles. The van der Waals surface area contributed by atoms with Crippen molar-refractivity contribution in [3.05, 3.63) is 190 Å². The van der Waals surface area contributed by atoms with Crippen molar-refractivity contribution in [2.24, 2.45) is 23.7 Å². The average molecular weight is 602 g/mol. The first-order valence-corrected chi connectivity index (χ1v) is 17.3. The monoisotopic (exact) mass is 601 g/mol. The van der Waals surface area contributed by atoms with E-state index in [4.69, 9.17) is 0 Å². The summed E-state index contributed by atoms with van der Waals surface area (Å²) < 4.78 is 0. The molecule has 1 aromatic rings. The van der Waals surface area contributed by atoms with Gasteiger partial charge in [-0.15, -0.1) is 0 Å². The van der Waals surface area contributed by atoms with Gasteiger partial charge >= 0.3 is 0 Å². The normalized spacial score (nSPS) is 27.3. The van der Waals surface area contributed by atoms with E-state index in [0.29, 0.717) is 29.6 Å². The third-order valence-corrected chi connectivity index (χ3v) is 10.7. The van der Waals surface area contributed by atoms with Gasteiger partial charge in [0.05, 0.1) is 0 Å². The fourth-order valence-electron chi connectivity index (χ4n) is 8.39. The number of hydrogen-bond acceptors (Lipinski definition) is 1. The van der Waals surface area contributed by atoms with Crippen molar-refractivity contribution in [1.29, 1.82) is 0 Å². The minimum atomic E-state index is 0.353. The minimum Gasteiger partial charge on any atom is -0.315 e. The van der Waals surface area contributed by atoms with E-state index >= 15 is 0 Å². The van der Waals surface area contributed by atoms with E-state index in [1.165, 1.54) is 44.8 Å². The van der Waals surface area contributed by atoms with Gasteiger partial charge in [0.15, 0.2) is 0 Å². The van der Waals surface area contributed by atoms with E-state index in [1.807, 2.05) is 6.08 Å². The van der Waals surface area contributed by atoms with Crippen LogP contribution >= 0.6 is 0 Å². The molecule has 0 amide bonds. The Morgan fingerprint density at radius 3 is 2.57 bits per heavy atom. The molecule has 0 saturated heterocycles. The van der Waals surface area contributed by atoms with Gasteiger partial charge in [0.1, 0.15) is 0 Å². The number of allylic oxidation sites excluding steroid dienone is 23. The summed E-state index contributed by atoms with van der Waals surface area (Å²) in [4.78, 5) is 2.46. The molecular formula is C45H47N. The Labute approximate surface area is 276 Å². The van der Waals surface area contributed by atoms with Crippen molar-refractivity contribution in [3.8, 4) is 0 Å². The van der Waals surface area contributed by atoms with Gasteiger partial charge in [-0.3, -0.25) is 0 Å². The summed E-state index contributed by atoms with van der Waals surface area (Å²) in [6.07, 6.45) is 41.7. The van der Waals surface area contributed by atoms with Crippen molar-refractivity contribution in [2.75, 3.05) is 0 Å². The molecule has 5 unspecified atom stereocenters. The molecule has 0 radical (unpaired) electrons. The lowest BCUT2D eigenvalue weighted by Crippen LogP contribution is -2.27. The van der Waals surface area contributed by atoms with Crippen LogP contribution in [0.3, 0.4) is 0 Å². The largest absolute Gasteiger partial charge is 0.315 e. The molecule has 46 heavy (non-hydrogen) atoms. The first kappa shape index (κ1) is 30.3. The fraction of sp³-hybridized carbons (Fsp3) is 0.289. The Morgan fingerprint density at radius 2 is 1.83 bits per heavy atom. The summed E-state index contributed by atoms with van der Waals surface area (Å²) >= 11 is 0. The lowest BCUT2D eigenvalue weighted by atomic mass is 9.65. The molecule has 0 aliphatic heterocycles. The smallest absolute Gasteiger partial charge is 0.0452 e. The number of fused-ring (bicyclic) bond motifs is 2. The standard InChI is InChI=1S/C45H47N/c1-6-8-12-35(7-2)46(36-13-9-11-32(5)28-36)37-24-25-38-41-26-27-42(39-14-10-15-40(45(39)41)43(38)29-37)44(33-20-16-30(3)17-21-33)34-22-18-31(4)19-23-34/h6-10,12-22,26-29,32,34,39,44-45H,2,11,23-25H2,1,3-5H3. The highest BCUT2D eigenvalue weighted by molar-refractivity contribution is 5.69. The minimum absolute atomic E-state index is 0.353. The van der Waals surface area contributed by atoms with Crippen molar-refractivity contribution in [1.82, 2.24) is 4.90 Å². The molecule has 1 nitrogen and oxygen atoms in total. The van der Waals surface area contributed by atoms with Crippen LogP contribution in [-0.4, -0.2) is 4.90 Å². The summed E-state index contributed by atoms with van der Waals surface area (Å²) in [5.74, 6) is 2.09. The highest BCUT2D eigenvalue weighted by Crippen LogP contribution is 2.57. The lowest BCUT2D eigenvalue weighted by molar-refractivity contribution is 0.479. The van der Waals surface area contributed by atoms with Crippen LogP contribution in [0.15, 0.2) is 179 Å². The Bertz CT molecular complexity index is 1800. The molecule has 0 aromatic heterocycles. The summed E-state index contributed by atoms with van der Waals surface area (Å²) in [6.45, 7) is 13.0. The van der Waals surface area contributed by atoms with E-state index in [-0.39, 0.29) is 0 Å². The molecule has 1 heteroatoms. The molecule has 0 fully saturated rings. The van der Waals surface area contributed by atoms with E-state index in [0.717, 1.165) is 31.4 Å². The maximum absolute atomic E-state index is 4.24. The van der Waals surface area contributed by atoms with Gasteiger partial charge in [-0.05, 0) is 110 Å². The van der Waals surface area contributed by atoms with Crippen LogP contribution in [-0.2, 0) is 0 Å². The van der Waals surface area contributed by atoms with Gasteiger partial charge in [0, 0.05) is 34.8 Å². The topological polar surface area (TPSA) is 3.24 Å². The summed E-state index contributed by atoms with van der Waals surface area (Å²) in [5, 5.41) is 0. The summed E-state index contributed by atoms with van der Waals surface area (Å²) in [5.41, 5.74) is 15.4. The predicted octanol–water partition coefficient (Wildman–Crippen LogP) is 11.6. The van der Waals surface area contributed by atoms with E-state index in [1.54, 1.807) is 11.1 Å². The molecule has 0 spiro atoms. The van der Waals surface area contributed by atoms with Gasteiger partial charge in [0.2, 0.25) is 0 Å². The van der Waals surface area contributed by atoms with Crippen molar-refractivity contribution in [3.63, 3.8) is 0 Å². The molecule has 7 rings (SSSR count). The van der Waals surface area contributed by atoms with Crippen molar-refractivity contribution < 1.29 is 0 Å². The second kappa shape index (κ2) is 12.8. The second-order valence-electron chi connectivity index (χ2n) is 13.8. The first-order chi connectivity index (χ1) is 22.5. The zero-order chi connectivity index (χ0) is 31.8. The van der Waals surface area contributed by atoms with Gasteiger partial charge in [-0.1, -0.05) is 127 Å². The number of hydrogen-bond donors (Lipinski definition) is 0.